The Morgan fingerprint density at radius 3 is 2.87 bits per heavy atom. The van der Waals surface area contributed by atoms with Crippen molar-refractivity contribution >= 4 is 46.1 Å². The molecule has 1 saturated heterocycles. The van der Waals surface area contributed by atoms with E-state index in [1.54, 1.807) is 27.0 Å². The Morgan fingerprint density at radius 1 is 1.57 bits per heavy atom. The van der Waals surface area contributed by atoms with E-state index < -0.39 is 23.9 Å². The molecule has 9 heteroatoms. The van der Waals surface area contributed by atoms with Gasteiger partial charge >= 0.3 is 6.09 Å². The second-order valence-electron chi connectivity index (χ2n) is 6.32. The van der Waals surface area contributed by atoms with Crippen molar-refractivity contribution in [3.05, 3.63) is 15.1 Å². The van der Waals surface area contributed by atoms with Crippen LogP contribution >= 0.6 is 34.2 Å². The highest BCUT2D eigenvalue weighted by Crippen LogP contribution is 2.23. The molecule has 2 atom stereocenters. The fraction of sp³-hybridized carbons (Fsp3) is 0.643. The number of carbonyl (C=O) groups is 1. The Morgan fingerprint density at radius 2 is 2.26 bits per heavy atom. The lowest BCUT2D eigenvalue weighted by Gasteiger charge is -2.36. The summed E-state index contributed by atoms with van der Waals surface area (Å²) >= 11 is 7.82. The van der Waals surface area contributed by atoms with E-state index in [-0.39, 0.29) is 11.8 Å². The third kappa shape index (κ3) is 5.30. The lowest BCUT2D eigenvalue weighted by Crippen LogP contribution is -2.51. The molecule has 1 aliphatic rings. The van der Waals surface area contributed by atoms with Crippen molar-refractivity contribution in [3.63, 3.8) is 0 Å². The molecule has 0 bridgehead atoms. The number of rotatable bonds is 2. The van der Waals surface area contributed by atoms with E-state index in [1.165, 1.54) is 4.90 Å². The van der Waals surface area contributed by atoms with Crippen LogP contribution in [0.25, 0.3) is 0 Å². The summed E-state index contributed by atoms with van der Waals surface area (Å²) in [4.78, 5) is 21.3. The van der Waals surface area contributed by atoms with Crippen molar-refractivity contribution in [1.82, 2.24) is 14.9 Å². The van der Waals surface area contributed by atoms with Crippen LogP contribution in [0.4, 0.5) is 15.0 Å². The zero-order chi connectivity index (χ0) is 17.2. The highest BCUT2D eigenvalue weighted by molar-refractivity contribution is 14.1. The summed E-state index contributed by atoms with van der Waals surface area (Å²) in [6, 6.07) is -0.437. The molecule has 1 aromatic heterocycles. The first-order chi connectivity index (χ1) is 10.7. The quantitative estimate of drug-likeness (QED) is 0.545. The molecule has 0 saturated carbocycles. The standard InChI is InChI=1S/C14H19ClFIN4O2/c1-14(2,3)23-13(22)21-5-4-10(8(16)7-21)19-11-9(17)6-18-12(15)20-11/h6,8,10H,4-5,7H2,1-3H3,(H,18,19,20)/t8-,10+/m1/s1. The number of halogens is 3. The fourth-order valence-electron chi connectivity index (χ4n) is 2.18. The van der Waals surface area contributed by atoms with E-state index in [4.69, 9.17) is 16.3 Å². The molecule has 2 rings (SSSR count). The van der Waals surface area contributed by atoms with E-state index in [1.807, 2.05) is 0 Å². The number of anilines is 1. The van der Waals surface area contributed by atoms with Gasteiger partial charge < -0.3 is 15.0 Å². The van der Waals surface area contributed by atoms with Crippen LogP contribution in [0.1, 0.15) is 27.2 Å². The van der Waals surface area contributed by atoms with Crippen LogP contribution in [-0.4, -0.2) is 51.9 Å². The number of nitrogens with one attached hydrogen (secondary N) is 1. The summed E-state index contributed by atoms with van der Waals surface area (Å²) in [6.07, 6.45) is 0.318. The van der Waals surface area contributed by atoms with Crippen LogP contribution in [0, 0.1) is 3.57 Å². The van der Waals surface area contributed by atoms with Crippen molar-refractivity contribution in [2.75, 3.05) is 18.4 Å². The third-order valence-corrected chi connectivity index (χ3v) is 4.20. The van der Waals surface area contributed by atoms with Gasteiger partial charge in [-0.05, 0) is 61.4 Å². The third-order valence-electron chi connectivity index (χ3n) is 3.23. The average Bonchev–Trinajstić information content (AvgIpc) is 2.43. The summed E-state index contributed by atoms with van der Waals surface area (Å²) in [5, 5.41) is 3.16. The first-order valence-electron chi connectivity index (χ1n) is 7.22. The normalized spacial score (nSPS) is 21.9. The van der Waals surface area contributed by atoms with Crippen LogP contribution in [0.3, 0.4) is 0 Å². The number of nitrogens with zero attached hydrogens (tertiary/aromatic N) is 3. The van der Waals surface area contributed by atoms with Crippen molar-refractivity contribution in [1.29, 1.82) is 0 Å². The molecule has 23 heavy (non-hydrogen) atoms. The van der Waals surface area contributed by atoms with Crippen molar-refractivity contribution in [2.24, 2.45) is 0 Å². The van der Waals surface area contributed by atoms with Gasteiger partial charge in [-0.2, -0.15) is 4.98 Å². The number of hydrogen-bond donors (Lipinski definition) is 1. The van der Waals surface area contributed by atoms with E-state index in [0.717, 1.165) is 3.57 Å². The van der Waals surface area contributed by atoms with Crippen LogP contribution in [0.2, 0.25) is 5.28 Å². The van der Waals surface area contributed by atoms with Gasteiger partial charge in [-0.15, -0.1) is 0 Å². The molecule has 128 valence electrons. The first kappa shape index (κ1) is 18.4. The Labute approximate surface area is 153 Å². The second-order valence-corrected chi connectivity index (χ2v) is 7.82. The molecule has 6 nitrogen and oxygen atoms in total. The van der Waals surface area contributed by atoms with Crippen molar-refractivity contribution in [2.45, 2.75) is 45.0 Å². The highest BCUT2D eigenvalue weighted by Gasteiger charge is 2.34. The van der Waals surface area contributed by atoms with Gasteiger partial charge in [0.25, 0.3) is 0 Å². The molecule has 0 spiro atoms. The molecule has 0 aliphatic carbocycles. The van der Waals surface area contributed by atoms with E-state index in [0.29, 0.717) is 18.8 Å². The largest absolute Gasteiger partial charge is 0.444 e. The number of hydrogen-bond acceptors (Lipinski definition) is 5. The van der Waals surface area contributed by atoms with Gasteiger partial charge in [0.15, 0.2) is 0 Å². The summed E-state index contributed by atoms with van der Waals surface area (Å²) < 4.78 is 20.5. The Balaban J connectivity index is 1.96. The minimum Gasteiger partial charge on any atom is -0.444 e. The topological polar surface area (TPSA) is 67.3 Å². The van der Waals surface area contributed by atoms with Gasteiger partial charge in [-0.25, -0.2) is 14.2 Å². The monoisotopic (exact) mass is 456 g/mol. The zero-order valence-corrected chi connectivity index (χ0v) is 16.1. The SMILES string of the molecule is CC(C)(C)OC(=O)N1CC[C@H](Nc2nc(Cl)ncc2I)[C@H](F)C1. The van der Waals surface area contributed by atoms with Gasteiger partial charge in [0, 0.05) is 12.7 Å². The maximum Gasteiger partial charge on any atom is 0.410 e. The first-order valence-corrected chi connectivity index (χ1v) is 8.68. The molecule has 1 N–H and O–H groups in total. The molecule has 0 unspecified atom stereocenters. The number of alkyl halides is 1. The molecule has 1 amide bonds. The van der Waals surface area contributed by atoms with Gasteiger partial charge in [0.05, 0.1) is 16.2 Å². The zero-order valence-electron chi connectivity index (χ0n) is 13.1. The number of carbonyl (C=O) groups excluding carboxylic acids is 1. The number of ether oxygens (including phenoxy) is 1. The molecular weight excluding hydrogens is 438 g/mol. The van der Waals surface area contributed by atoms with Gasteiger partial charge in [0.1, 0.15) is 17.6 Å². The Bertz CT molecular complexity index is 584. The number of aromatic nitrogens is 2. The lowest BCUT2D eigenvalue weighted by molar-refractivity contribution is 0.0125. The van der Waals surface area contributed by atoms with Gasteiger partial charge in [-0.1, -0.05) is 0 Å². The molecule has 0 radical (unpaired) electrons. The average molecular weight is 457 g/mol. The van der Waals surface area contributed by atoms with Crippen LogP contribution in [0.15, 0.2) is 6.20 Å². The maximum absolute atomic E-state index is 14.4. The predicted molar refractivity (Wildman–Crippen MR) is 94.5 cm³/mol. The highest BCUT2D eigenvalue weighted by atomic mass is 127. The molecule has 1 aliphatic heterocycles. The van der Waals surface area contributed by atoms with E-state index in [2.05, 4.69) is 37.9 Å². The Kier molecular flexibility index (Phi) is 5.88. The molecular formula is C14H19ClFIN4O2. The smallest absolute Gasteiger partial charge is 0.410 e. The van der Waals surface area contributed by atoms with Crippen LogP contribution in [0.5, 0.6) is 0 Å². The molecule has 2 heterocycles. The van der Waals surface area contributed by atoms with Gasteiger partial charge in [0.2, 0.25) is 5.28 Å². The number of likely N-dealkylation sites (tertiary alicyclic amines) is 1. The second kappa shape index (κ2) is 7.33. The van der Waals surface area contributed by atoms with Crippen LogP contribution < -0.4 is 5.32 Å². The van der Waals surface area contributed by atoms with Crippen LogP contribution in [-0.2, 0) is 4.74 Å². The lowest BCUT2D eigenvalue weighted by atomic mass is 10.0. The summed E-state index contributed by atoms with van der Waals surface area (Å²) in [6.45, 7) is 5.76. The summed E-state index contributed by atoms with van der Waals surface area (Å²) in [5.74, 6) is 0.504. The maximum atomic E-state index is 14.4. The fourth-order valence-corrected chi connectivity index (χ4v) is 2.73. The number of piperidine rings is 1. The minimum absolute atomic E-state index is 0.0119. The molecule has 0 aromatic carbocycles. The van der Waals surface area contributed by atoms with E-state index in [9.17, 15) is 9.18 Å². The molecule has 1 aromatic rings. The summed E-state index contributed by atoms with van der Waals surface area (Å²) in [5.41, 5.74) is -0.591. The Hall–Kier alpha value is -0.900. The number of amides is 1. The van der Waals surface area contributed by atoms with Crippen molar-refractivity contribution < 1.29 is 13.9 Å². The summed E-state index contributed by atoms with van der Waals surface area (Å²) in [7, 11) is 0. The van der Waals surface area contributed by atoms with Crippen molar-refractivity contribution in [3.8, 4) is 0 Å². The molecule has 1 fully saturated rings. The van der Waals surface area contributed by atoms with Gasteiger partial charge in [-0.3, -0.25) is 0 Å². The van der Waals surface area contributed by atoms with E-state index >= 15 is 0 Å². The predicted octanol–water partition coefficient (Wildman–Crippen LogP) is 3.49. The minimum atomic E-state index is -1.22.